The Morgan fingerprint density at radius 1 is 1.24 bits per heavy atom. The first kappa shape index (κ1) is 15.9. The average molecular weight is 312 g/mol. The monoisotopic (exact) mass is 312 g/mol. The van der Waals surface area contributed by atoms with Gasteiger partial charge in [-0.1, -0.05) is 0 Å². The molecule has 116 valence electrons. The number of benzene rings is 1. The highest BCUT2D eigenvalue weighted by molar-refractivity contribution is 7.89. The normalized spacial score (nSPS) is 16.9. The third kappa shape index (κ3) is 3.42. The summed E-state index contributed by atoms with van der Waals surface area (Å²) in [5.41, 5.74) is 0.334. The minimum Gasteiger partial charge on any atom is -0.465 e. The maximum atomic E-state index is 12.6. The van der Waals surface area contributed by atoms with Crippen LogP contribution in [0.4, 0.5) is 0 Å². The molecular weight excluding hydrogens is 292 g/mol. The van der Waals surface area contributed by atoms with E-state index in [1.165, 1.54) is 35.7 Å². The fourth-order valence-electron chi connectivity index (χ4n) is 2.41. The number of carbonyl (C=O) groups is 1. The first-order valence-corrected chi connectivity index (χ1v) is 8.28. The van der Waals surface area contributed by atoms with E-state index in [1.54, 1.807) is 7.05 Å². The van der Waals surface area contributed by atoms with Crippen LogP contribution >= 0.6 is 0 Å². The predicted octanol–water partition coefficient (Wildman–Crippen LogP) is 0.846. The van der Waals surface area contributed by atoms with E-state index in [9.17, 15) is 13.2 Å². The van der Waals surface area contributed by atoms with Gasteiger partial charge in [-0.05, 0) is 50.2 Å². The topological polar surface area (TPSA) is 75.7 Å². The largest absolute Gasteiger partial charge is 0.465 e. The van der Waals surface area contributed by atoms with E-state index >= 15 is 0 Å². The highest BCUT2D eigenvalue weighted by Gasteiger charge is 2.29. The van der Waals surface area contributed by atoms with Crippen LogP contribution in [0, 0.1) is 0 Å². The molecule has 1 aromatic carbocycles. The number of nitrogens with one attached hydrogen (secondary N) is 1. The van der Waals surface area contributed by atoms with Gasteiger partial charge in [0.1, 0.15) is 0 Å². The Morgan fingerprint density at radius 2 is 1.81 bits per heavy atom. The molecule has 1 saturated heterocycles. The van der Waals surface area contributed by atoms with Gasteiger partial charge in [-0.15, -0.1) is 0 Å². The number of esters is 1. The Balaban J connectivity index is 2.20. The van der Waals surface area contributed by atoms with Crippen molar-refractivity contribution in [3.8, 4) is 0 Å². The molecule has 21 heavy (non-hydrogen) atoms. The van der Waals surface area contributed by atoms with Crippen LogP contribution in [0.3, 0.4) is 0 Å². The molecule has 0 saturated carbocycles. The molecule has 1 N–H and O–H groups in total. The van der Waals surface area contributed by atoms with E-state index in [0.717, 1.165) is 25.9 Å². The molecule has 0 atom stereocenters. The zero-order chi connectivity index (χ0) is 15.5. The molecule has 7 heteroatoms. The van der Waals surface area contributed by atoms with Crippen LogP contribution in [-0.2, 0) is 14.8 Å². The van der Waals surface area contributed by atoms with Crippen LogP contribution in [0.2, 0.25) is 0 Å². The first-order valence-electron chi connectivity index (χ1n) is 6.84. The maximum Gasteiger partial charge on any atom is 0.337 e. The van der Waals surface area contributed by atoms with Crippen molar-refractivity contribution in [3.63, 3.8) is 0 Å². The summed E-state index contributed by atoms with van der Waals surface area (Å²) in [6.07, 6.45) is 1.60. The van der Waals surface area contributed by atoms with Crippen molar-refractivity contribution in [1.82, 2.24) is 9.62 Å². The van der Waals surface area contributed by atoms with Gasteiger partial charge in [-0.25, -0.2) is 13.2 Å². The smallest absolute Gasteiger partial charge is 0.337 e. The Labute approximate surface area is 125 Å². The molecule has 6 nitrogen and oxygen atoms in total. The van der Waals surface area contributed by atoms with Crippen molar-refractivity contribution in [2.45, 2.75) is 23.8 Å². The molecule has 0 radical (unpaired) electrons. The molecule has 1 heterocycles. The zero-order valence-electron chi connectivity index (χ0n) is 12.2. The van der Waals surface area contributed by atoms with Gasteiger partial charge >= 0.3 is 5.97 Å². The molecule has 1 aliphatic heterocycles. The number of ether oxygens (including phenoxy) is 1. The summed E-state index contributed by atoms with van der Waals surface area (Å²) in [6, 6.07) is 5.83. The molecule has 0 aromatic heterocycles. The van der Waals surface area contributed by atoms with Gasteiger partial charge in [0.15, 0.2) is 0 Å². The second kappa shape index (κ2) is 6.55. The van der Waals surface area contributed by atoms with Crippen LogP contribution in [0.15, 0.2) is 29.2 Å². The van der Waals surface area contributed by atoms with Gasteiger partial charge in [0.25, 0.3) is 0 Å². The average Bonchev–Trinajstić information content (AvgIpc) is 2.54. The van der Waals surface area contributed by atoms with Gasteiger partial charge in [0.05, 0.1) is 17.6 Å². The molecule has 2 rings (SSSR count). The van der Waals surface area contributed by atoms with E-state index < -0.39 is 16.0 Å². The Bertz CT molecular complexity index is 592. The second-order valence-corrected chi connectivity index (χ2v) is 7.02. The quantitative estimate of drug-likeness (QED) is 0.834. The SMILES string of the molecule is COC(=O)c1ccc(S(=O)(=O)N(C)C2CCNCC2)cc1. The van der Waals surface area contributed by atoms with Crippen molar-refractivity contribution >= 4 is 16.0 Å². The highest BCUT2D eigenvalue weighted by Crippen LogP contribution is 2.21. The van der Waals surface area contributed by atoms with Crippen LogP contribution in [0.5, 0.6) is 0 Å². The lowest BCUT2D eigenvalue weighted by atomic mass is 10.1. The number of nitrogens with zero attached hydrogens (tertiary/aromatic N) is 1. The lowest BCUT2D eigenvalue weighted by Gasteiger charge is -2.30. The minimum absolute atomic E-state index is 0.0107. The standard InChI is InChI=1S/C14H20N2O4S/c1-16(12-7-9-15-10-8-12)21(18,19)13-5-3-11(4-6-13)14(17)20-2/h3-6,12,15H,7-10H2,1-2H3. The van der Waals surface area contributed by atoms with Gasteiger partial charge in [-0.3, -0.25) is 0 Å². The molecule has 0 spiro atoms. The van der Waals surface area contributed by atoms with Gasteiger partial charge in [0.2, 0.25) is 10.0 Å². The van der Waals surface area contributed by atoms with Crippen molar-refractivity contribution < 1.29 is 17.9 Å². The van der Waals surface area contributed by atoms with Crippen molar-refractivity contribution in [3.05, 3.63) is 29.8 Å². The third-order valence-electron chi connectivity index (χ3n) is 3.78. The summed E-state index contributed by atoms with van der Waals surface area (Å²) in [6.45, 7) is 1.65. The van der Waals surface area contributed by atoms with Crippen molar-refractivity contribution in [2.75, 3.05) is 27.2 Å². The number of carbonyl (C=O) groups excluding carboxylic acids is 1. The number of piperidine rings is 1. The molecule has 1 aliphatic rings. The summed E-state index contributed by atoms with van der Waals surface area (Å²) < 4.78 is 31.2. The third-order valence-corrected chi connectivity index (χ3v) is 5.70. The Hall–Kier alpha value is -1.44. The number of hydrogen-bond donors (Lipinski definition) is 1. The fourth-order valence-corrected chi connectivity index (χ4v) is 3.83. The van der Waals surface area contributed by atoms with Gasteiger partial charge in [0, 0.05) is 13.1 Å². The van der Waals surface area contributed by atoms with E-state index in [1.807, 2.05) is 0 Å². The first-order chi connectivity index (χ1) is 9.96. The number of rotatable bonds is 4. The van der Waals surface area contributed by atoms with Gasteiger partial charge in [-0.2, -0.15) is 4.31 Å². The Kier molecular flexibility index (Phi) is 4.97. The van der Waals surface area contributed by atoms with Crippen molar-refractivity contribution in [1.29, 1.82) is 0 Å². The number of methoxy groups -OCH3 is 1. The number of sulfonamides is 1. The van der Waals surface area contributed by atoms with E-state index in [-0.39, 0.29) is 10.9 Å². The molecular formula is C14H20N2O4S. The van der Waals surface area contributed by atoms with E-state index in [2.05, 4.69) is 10.1 Å². The summed E-state index contributed by atoms with van der Waals surface area (Å²) in [5, 5.41) is 3.21. The summed E-state index contributed by atoms with van der Waals surface area (Å²) >= 11 is 0. The summed E-state index contributed by atoms with van der Waals surface area (Å²) in [7, 11) is -0.634. The fraction of sp³-hybridized carbons (Fsp3) is 0.500. The maximum absolute atomic E-state index is 12.6. The van der Waals surface area contributed by atoms with Crippen LogP contribution < -0.4 is 5.32 Å². The van der Waals surface area contributed by atoms with E-state index in [4.69, 9.17) is 0 Å². The Morgan fingerprint density at radius 3 is 2.33 bits per heavy atom. The molecule has 0 bridgehead atoms. The lowest BCUT2D eigenvalue weighted by Crippen LogP contribution is -2.43. The summed E-state index contributed by atoms with van der Waals surface area (Å²) in [5.74, 6) is -0.481. The van der Waals surface area contributed by atoms with Crippen molar-refractivity contribution in [2.24, 2.45) is 0 Å². The molecule has 0 amide bonds. The zero-order valence-corrected chi connectivity index (χ0v) is 13.0. The van der Waals surface area contributed by atoms with E-state index in [0.29, 0.717) is 5.56 Å². The lowest BCUT2D eigenvalue weighted by molar-refractivity contribution is 0.0600. The van der Waals surface area contributed by atoms with Crippen LogP contribution in [0.1, 0.15) is 23.2 Å². The molecule has 1 aromatic rings. The molecule has 0 aliphatic carbocycles. The minimum atomic E-state index is -3.53. The van der Waals surface area contributed by atoms with Gasteiger partial charge < -0.3 is 10.1 Å². The van der Waals surface area contributed by atoms with Crippen LogP contribution in [-0.4, -0.2) is 52.0 Å². The highest BCUT2D eigenvalue weighted by atomic mass is 32.2. The second-order valence-electron chi connectivity index (χ2n) is 5.02. The number of hydrogen-bond acceptors (Lipinski definition) is 5. The summed E-state index contributed by atoms with van der Waals surface area (Å²) in [4.78, 5) is 11.6. The molecule has 0 unspecified atom stereocenters. The molecule has 1 fully saturated rings. The predicted molar refractivity (Wildman–Crippen MR) is 78.6 cm³/mol. The van der Waals surface area contributed by atoms with Crippen LogP contribution in [0.25, 0.3) is 0 Å².